The minimum atomic E-state index is -3.39. The summed E-state index contributed by atoms with van der Waals surface area (Å²) in [6, 6.07) is 9.41. The molecule has 0 radical (unpaired) electrons. The molecular weight excluding hydrogens is 378 g/mol. The van der Waals surface area contributed by atoms with Crippen LogP contribution in [0.5, 0.6) is 0 Å². The Labute approximate surface area is 155 Å². The van der Waals surface area contributed by atoms with E-state index in [1.807, 2.05) is 0 Å². The van der Waals surface area contributed by atoms with Gasteiger partial charge in [-0.1, -0.05) is 18.2 Å². The third-order valence-corrected chi connectivity index (χ3v) is 4.60. The van der Waals surface area contributed by atoms with Crippen molar-refractivity contribution in [3.63, 3.8) is 0 Å². The number of anilines is 1. The number of halogens is 2. The fraction of sp³-hybridized carbons (Fsp3) is 0.222. The van der Waals surface area contributed by atoms with Crippen molar-refractivity contribution in [3.05, 3.63) is 65.7 Å². The van der Waals surface area contributed by atoms with Gasteiger partial charge in [0, 0.05) is 17.9 Å². The molecule has 0 fully saturated rings. The molecule has 0 unspecified atom stereocenters. The lowest BCUT2D eigenvalue weighted by Crippen LogP contribution is -2.44. The Morgan fingerprint density at radius 3 is 2.33 bits per heavy atom. The summed E-state index contributed by atoms with van der Waals surface area (Å²) in [5.74, 6) is -3.54. The molecule has 0 bridgehead atoms. The Kier molecular flexibility index (Phi) is 6.62. The molecule has 2 N–H and O–H groups in total. The molecule has 2 amide bonds. The molecule has 27 heavy (non-hydrogen) atoms. The molecule has 2 rings (SSSR count). The molecule has 6 nitrogen and oxygen atoms in total. The van der Waals surface area contributed by atoms with E-state index in [1.54, 1.807) is 18.2 Å². The van der Waals surface area contributed by atoms with Crippen molar-refractivity contribution in [2.24, 2.45) is 0 Å². The van der Waals surface area contributed by atoms with Crippen LogP contribution in [0.1, 0.15) is 16.8 Å². The fourth-order valence-corrected chi connectivity index (χ4v) is 2.91. The molecule has 0 heterocycles. The summed E-state index contributed by atoms with van der Waals surface area (Å²) >= 11 is 0. The monoisotopic (exact) mass is 396 g/mol. The van der Waals surface area contributed by atoms with Gasteiger partial charge in [0.1, 0.15) is 27.5 Å². The summed E-state index contributed by atoms with van der Waals surface area (Å²) in [4.78, 5) is 24.7. The van der Waals surface area contributed by atoms with E-state index >= 15 is 0 Å². The van der Waals surface area contributed by atoms with Crippen LogP contribution in [0.15, 0.2) is 48.5 Å². The summed E-state index contributed by atoms with van der Waals surface area (Å²) < 4.78 is 49.6. The first-order chi connectivity index (χ1) is 12.7. The minimum absolute atomic E-state index is 0.202. The quantitative estimate of drug-likeness (QED) is 0.750. The van der Waals surface area contributed by atoms with E-state index in [0.717, 1.165) is 18.4 Å². The Balaban J connectivity index is 2.17. The first kappa shape index (κ1) is 20.5. The number of hydrogen-bond donors (Lipinski definition) is 2. The topological polar surface area (TPSA) is 92.3 Å². The van der Waals surface area contributed by atoms with Crippen LogP contribution in [0.3, 0.4) is 0 Å². The molecular formula is C18H18F2N2O4S. The maximum atomic E-state index is 13.7. The van der Waals surface area contributed by atoms with Gasteiger partial charge in [-0.25, -0.2) is 17.2 Å². The highest BCUT2D eigenvalue weighted by molar-refractivity contribution is 7.90. The van der Waals surface area contributed by atoms with Crippen molar-refractivity contribution in [2.45, 2.75) is 12.5 Å². The highest BCUT2D eigenvalue weighted by Crippen LogP contribution is 2.15. The number of hydrogen-bond acceptors (Lipinski definition) is 4. The lowest BCUT2D eigenvalue weighted by Gasteiger charge is -2.18. The third kappa shape index (κ3) is 6.45. The summed E-state index contributed by atoms with van der Waals surface area (Å²) in [7, 11) is -3.39. The van der Waals surface area contributed by atoms with Crippen LogP contribution in [0, 0.1) is 11.6 Å². The van der Waals surface area contributed by atoms with Crippen molar-refractivity contribution >= 4 is 27.3 Å². The van der Waals surface area contributed by atoms with Crippen LogP contribution in [0.4, 0.5) is 14.5 Å². The highest BCUT2D eigenvalue weighted by Gasteiger charge is 2.24. The number of benzene rings is 2. The summed E-state index contributed by atoms with van der Waals surface area (Å²) in [5.41, 5.74) is 0.00216. The average Bonchev–Trinajstić information content (AvgIpc) is 2.60. The maximum absolute atomic E-state index is 13.7. The van der Waals surface area contributed by atoms with Gasteiger partial charge in [-0.05, 0) is 30.7 Å². The SMILES string of the molecule is CS(=O)(=O)CC[C@@H](NC(=O)c1ccccc1)C(=O)Nc1ccc(F)cc1F. The summed E-state index contributed by atoms with van der Waals surface area (Å²) in [6.45, 7) is 0. The molecule has 0 aromatic heterocycles. The van der Waals surface area contributed by atoms with Gasteiger partial charge < -0.3 is 10.6 Å². The molecule has 0 spiro atoms. The molecule has 0 saturated heterocycles. The van der Waals surface area contributed by atoms with E-state index < -0.39 is 39.3 Å². The smallest absolute Gasteiger partial charge is 0.251 e. The largest absolute Gasteiger partial charge is 0.340 e. The zero-order valence-corrected chi connectivity index (χ0v) is 15.2. The summed E-state index contributed by atoms with van der Waals surface area (Å²) in [6.07, 6.45) is 0.798. The number of nitrogens with one attached hydrogen (secondary N) is 2. The number of carbonyl (C=O) groups excluding carboxylic acids is 2. The lowest BCUT2D eigenvalue weighted by molar-refractivity contribution is -0.118. The van der Waals surface area contributed by atoms with E-state index in [0.29, 0.717) is 6.07 Å². The maximum Gasteiger partial charge on any atom is 0.251 e. The van der Waals surface area contributed by atoms with Crippen LogP contribution >= 0.6 is 0 Å². The average molecular weight is 396 g/mol. The minimum Gasteiger partial charge on any atom is -0.340 e. The number of carbonyl (C=O) groups is 2. The Hall–Kier alpha value is -2.81. The fourth-order valence-electron chi connectivity index (χ4n) is 2.24. The number of rotatable bonds is 7. The Bertz CT molecular complexity index is 934. The second-order valence-corrected chi connectivity index (χ2v) is 8.18. The van der Waals surface area contributed by atoms with Gasteiger partial charge in [-0.2, -0.15) is 0 Å². The standard InChI is InChI=1S/C18H18F2N2O4S/c1-27(25,26)10-9-16(22-17(23)12-5-3-2-4-6-12)18(24)21-15-8-7-13(19)11-14(15)20/h2-8,11,16H,9-10H2,1H3,(H,21,24)(H,22,23)/t16-/m1/s1. The molecule has 0 aliphatic carbocycles. The molecule has 1 atom stereocenters. The van der Waals surface area contributed by atoms with Crippen LogP contribution < -0.4 is 10.6 Å². The van der Waals surface area contributed by atoms with Gasteiger partial charge in [-0.3, -0.25) is 9.59 Å². The molecule has 144 valence electrons. The van der Waals surface area contributed by atoms with Gasteiger partial charge in [0.2, 0.25) is 5.91 Å². The molecule has 0 aliphatic rings. The molecule has 2 aromatic rings. The second-order valence-electron chi connectivity index (χ2n) is 5.92. The Morgan fingerprint density at radius 1 is 1.07 bits per heavy atom. The summed E-state index contributed by atoms with van der Waals surface area (Å²) in [5, 5.41) is 4.69. The second kappa shape index (κ2) is 8.72. The molecule has 0 aliphatic heterocycles. The Morgan fingerprint density at radius 2 is 1.74 bits per heavy atom. The van der Waals surface area contributed by atoms with E-state index in [9.17, 15) is 26.8 Å². The van der Waals surface area contributed by atoms with Crippen LogP contribution in [-0.4, -0.2) is 38.3 Å². The predicted molar refractivity (Wildman–Crippen MR) is 97.0 cm³/mol. The zero-order valence-electron chi connectivity index (χ0n) is 14.4. The molecule has 9 heteroatoms. The molecule has 0 saturated carbocycles. The predicted octanol–water partition coefficient (Wildman–Crippen LogP) is 2.14. The van der Waals surface area contributed by atoms with E-state index in [2.05, 4.69) is 10.6 Å². The van der Waals surface area contributed by atoms with Crippen LogP contribution in [-0.2, 0) is 14.6 Å². The molecule has 2 aromatic carbocycles. The van der Waals surface area contributed by atoms with Gasteiger partial charge in [0.15, 0.2) is 0 Å². The van der Waals surface area contributed by atoms with Gasteiger partial charge in [-0.15, -0.1) is 0 Å². The number of amides is 2. The van der Waals surface area contributed by atoms with Crippen LogP contribution in [0.25, 0.3) is 0 Å². The van der Waals surface area contributed by atoms with Crippen molar-refractivity contribution in [1.82, 2.24) is 5.32 Å². The lowest BCUT2D eigenvalue weighted by atomic mass is 10.1. The van der Waals surface area contributed by atoms with Crippen molar-refractivity contribution in [2.75, 3.05) is 17.3 Å². The highest BCUT2D eigenvalue weighted by atomic mass is 32.2. The first-order valence-corrected chi connectivity index (χ1v) is 10.0. The van der Waals surface area contributed by atoms with Crippen molar-refractivity contribution in [3.8, 4) is 0 Å². The zero-order chi connectivity index (χ0) is 20.0. The van der Waals surface area contributed by atoms with Gasteiger partial charge in [0.05, 0.1) is 11.4 Å². The number of sulfone groups is 1. The first-order valence-electron chi connectivity index (χ1n) is 7.95. The third-order valence-electron chi connectivity index (χ3n) is 3.62. The van der Waals surface area contributed by atoms with Gasteiger partial charge in [0.25, 0.3) is 5.91 Å². The van der Waals surface area contributed by atoms with E-state index in [4.69, 9.17) is 0 Å². The normalized spacial score (nSPS) is 12.3. The van der Waals surface area contributed by atoms with E-state index in [-0.39, 0.29) is 23.4 Å². The van der Waals surface area contributed by atoms with Crippen molar-refractivity contribution < 1.29 is 26.8 Å². The van der Waals surface area contributed by atoms with Gasteiger partial charge >= 0.3 is 0 Å². The van der Waals surface area contributed by atoms with Crippen molar-refractivity contribution in [1.29, 1.82) is 0 Å². The van der Waals surface area contributed by atoms with E-state index in [1.165, 1.54) is 12.1 Å². The van der Waals surface area contributed by atoms with Crippen LogP contribution in [0.2, 0.25) is 0 Å².